The predicted octanol–water partition coefficient (Wildman–Crippen LogP) is 4.19. The molecule has 2 N–H and O–H groups in total. The summed E-state index contributed by atoms with van der Waals surface area (Å²) in [4.78, 5) is 8.84. The fraction of sp³-hybridized carbons (Fsp3) is 0. The van der Waals surface area contributed by atoms with E-state index in [1.165, 1.54) is 0 Å². The Morgan fingerprint density at radius 3 is 2.05 bits per heavy atom. The van der Waals surface area contributed by atoms with E-state index in [1.807, 2.05) is 30.3 Å². The first-order valence-corrected chi connectivity index (χ1v) is 6.38. The molecule has 1 aromatic heterocycles. The van der Waals surface area contributed by atoms with Crippen molar-refractivity contribution < 1.29 is 0 Å². The number of hydrogen-bond donors (Lipinski definition) is 1. The molecule has 3 rings (SSSR count). The molecular weight excluding hydrogens is 281 g/mol. The Labute approximate surface area is 120 Å². The third-order valence-electron chi connectivity index (χ3n) is 2.78. The number of halogens is 2. The van der Waals surface area contributed by atoms with Crippen LogP contribution >= 0.6 is 23.2 Å². The molecule has 0 unspecified atom stereocenters. The summed E-state index contributed by atoms with van der Waals surface area (Å²) in [6.07, 6.45) is 0. The summed E-state index contributed by atoms with van der Waals surface area (Å²) in [5.74, 6) is 0.372. The molecule has 0 aliphatic heterocycles. The zero-order valence-electron chi connectivity index (χ0n) is 9.77. The Balaban J connectivity index is 2.27. The molecule has 1 heterocycles. The average molecular weight is 290 g/mol. The quantitative estimate of drug-likeness (QED) is 0.731. The van der Waals surface area contributed by atoms with E-state index in [-0.39, 0.29) is 0 Å². The van der Waals surface area contributed by atoms with Gasteiger partial charge in [0.2, 0.25) is 0 Å². The van der Waals surface area contributed by atoms with Crippen LogP contribution in [0.4, 0.5) is 5.82 Å². The highest BCUT2D eigenvalue weighted by Crippen LogP contribution is 2.29. The molecule has 0 atom stereocenters. The van der Waals surface area contributed by atoms with E-state index in [1.54, 1.807) is 12.1 Å². The molecule has 0 amide bonds. The van der Waals surface area contributed by atoms with Crippen molar-refractivity contribution in [3.8, 4) is 11.3 Å². The Bertz CT molecular complexity index is 757. The third-order valence-corrected chi connectivity index (χ3v) is 3.50. The van der Waals surface area contributed by atoms with Gasteiger partial charge in [0.1, 0.15) is 5.69 Å². The molecule has 3 nitrogen and oxygen atoms in total. The first-order valence-electron chi connectivity index (χ1n) is 5.63. The number of hydrogen-bond acceptors (Lipinski definition) is 3. The van der Waals surface area contributed by atoms with Crippen molar-refractivity contribution in [3.63, 3.8) is 0 Å². The van der Waals surface area contributed by atoms with Crippen LogP contribution in [0, 0.1) is 0 Å². The number of anilines is 1. The van der Waals surface area contributed by atoms with Crippen molar-refractivity contribution in [2.24, 2.45) is 0 Å². The van der Waals surface area contributed by atoms with Gasteiger partial charge in [-0.2, -0.15) is 0 Å². The third kappa shape index (κ3) is 2.23. The Morgan fingerprint density at radius 2 is 1.42 bits per heavy atom. The van der Waals surface area contributed by atoms with Crippen LogP contribution in [-0.4, -0.2) is 9.97 Å². The van der Waals surface area contributed by atoms with Crippen molar-refractivity contribution in [3.05, 3.63) is 52.5 Å². The van der Waals surface area contributed by atoms with Crippen LogP contribution in [0.5, 0.6) is 0 Å². The maximum absolute atomic E-state index is 5.99. The van der Waals surface area contributed by atoms with Crippen molar-refractivity contribution in [2.75, 3.05) is 5.73 Å². The highest BCUT2D eigenvalue weighted by molar-refractivity contribution is 6.42. The van der Waals surface area contributed by atoms with Gasteiger partial charge in [-0.3, -0.25) is 0 Å². The molecule has 3 aromatic rings. The second-order valence-electron chi connectivity index (χ2n) is 4.08. The summed E-state index contributed by atoms with van der Waals surface area (Å²) in [5, 5.41) is 0.891. The summed E-state index contributed by atoms with van der Waals surface area (Å²) in [7, 11) is 0. The molecule has 0 aliphatic rings. The Hall–Kier alpha value is -1.84. The minimum atomic E-state index is 0.372. The molecule has 0 bridgehead atoms. The fourth-order valence-corrected chi connectivity index (χ4v) is 2.19. The van der Waals surface area contributed by atoms with Gasteiger partial charge in [-0.05, 0) is 12.1 Å². The first-order chi connectivity index (χ1) is 9.15. The molecular formula is C14H9Cl2N3. The van der Waals surface area contributed by atoms with Crippen LogP contribution in [0.1, 0.15) is 0 Å². The lowest BCUT2D eigenvalue weighted by atomic mass is 10.1. The van der Waals surface area contributed by atoms with Crippen molar-refractivity contribution >= 4 is 40.1 Å². The summed E-state index contributed by atoms with van der Waals surface area (Å²) >= 11 is 12.0. The lowest BCUT2D eigenvalue weighted by molar-refractivity contribution is 1.30. The van der Waals surface area contributed by atoms with Crippen molar-refractivity contribution in [1.29, 1.82) is 0 Å². The SMILES string of the molecule is Nc1nc2cc(Cl)c(Cl)cc2nc1-c1ccccc1. The maximum Gasteiger partial charge on any atom is 0.150 e. The summed E-state index contributed by atoms with van der Waals surface area (Å²) in [5.41, 5.74) is 8.82. The molecule has 0 spiro atoms. The lowest BCUT2D eigenvalue weighted by Crippen LogP contribution is -1.98. The maximum atomic E-state index is 5.99. The van der Waals surface area contributed by atoms with Gasteiger partial charge in [-0.1, -0.05) is 53.5 Å². The van der Waals surface area contributed by atoms with E-state index in [2.05, 4.69) is 9.97 Å². The van der Waals surface area contributed by atoms with Crippen LogP contribution in [0.2, 0.25) is 10.0 Å². The average Bonchev–Trinajstić information content (AvgIpc) is 2.41. The molecule has 94 valence electrons. The highest BCUT2D eigenvalue weighted by atomic mass is 35.5. The Morgan fingerprint density at radius 1 is 0.842 bits per heavy atom. The number of nitrogens with two attached hydrogens (primary N) is 1. The second kappa shape index (κ2) is 4.68. The van der Waals surface area contributed by atoms with Crippen LogP contribution in [0.3, 0.4) is 0 Å². The molecule has 19 heavy (non-hydrogen) atoms. The topological polar surface area (TPSA) is 51.8 Å². The smallest absolute Gasteiger partial charge is 0.150 e. The Kier molecular flexibility index (Phi) is 3.01. The molecule has 0 fully saturated rings. The monoisotopic (exact) mass is 289 g/mol. The molecule has 0 saturated carbocycles. The predicted molar refractivity (Wildman–Crippen MR) is 79.4 cm³/mol. The van der Waals surface area contributed by atoms with E-state index in [4.69, 9.17) is 28.9 Å². The molecule has 0 radical (unpaired) electrons. The van der Waals surface area contributed by atoms with Crippen LogP contribution in [-0.2, 0) is 0 Å². The number of fused-ring (bicyclic) bond motifs is 1. The largest absolute Gasteiger partial charge is 0.382 e. The van der Waals surface area contributed by atoms with Gasteiger partial charge in [0.25, 0.3) is 0 Å². The fourth-order valence-electron chi connectivity index (χ4n) is 1.87. The number of benzene rings is 2. The zero-order chi connectivity index (χ0) is 13.4. The first kappa shape index (κ1) is 12.2. The van der Waals surface area contributed by atoms with Gasteiger partial charge in [0.05, 0.1) is 21.1 Å². The van der Waals surface area contributed by atoms with Crippen LogP contribution in [0.15, 0.2) is 42.5 Å². The second-order valence-corrected chi connectivity index (χ2v) is 4.89. The minimum Gasteiger partial charge on any atom is -0.382 e. The number of aromatic nitrogens is 2. The van der Waals surface area contributed by atoms with E-state index in [0.29, 0.717) is 32.6 Å². The molecule has 0 saturated heterocycles. The van der Waals surface area contributed by atoms with Gasteiger partial charge in [-0.25, -0.2) is 9.97 Å². The van der Waals surface area contributed by atoms with Gasteiger partial charge < -0.3 is 5.73 Å². The standard InChI is InChI=1S/C14H9Cl2N3/c15-9-6-11-12(7-10(9)16)19-14(17)13(18-11)8-4-2-1-3-5-8/h1-7H,(H2,17,19). The van der Waals surface area contributed by atoms with E-state index < -0.39 is 0 Å². The van der Waals surface area contributed by atoms with Crippen LogP contribution in [0.25, 0.3) is 22.3 Å². The minimum absolute atomic E-state index is 0.372. The summed E-state index contributed by atoms with van der Waals surface area (Å²) in [6.45, 7) is 0. The van der Waals surface area contributed by atoms with E-state index >= 15 is 0 Å². The number of nitrogens with zero attached hydrogens (tertiary/aromatic N) is 2. The highest BCUT2D eigenvalue weighted by Gasteiger charge is 2.10. The van der Waals surface area contributed by atoms with Crippen molar-refractivity contribution in [1.82, 2.24) is 9.97 Å². The van der Waals surface area contributed by atoms with E-state index in [0.717, 1.165) is 5.56 Å². The van der Waals surface area contributed by atoms with Gasteiger partial charge >= 0.3 is 0 Å². The van der Waals surface area contributed by atoms with Gasteiger partial charge in [0, 0.05) is 5.56 Å². The normalized spacial score (nSPS) is 10.8. The number of rotatable bonds is 1. The molecule has 5 heteroatoms. The van der Waals surface area contributed by atoms with Gasteiger partial charge in [-0.15, -0.1) is 0 Å². The zero-order valence-corrected chi connectivity index (χ0v) is 11.3. The summed E-state index contributed by atoms with van der Waals surface area (Å²) in [6, 6.07) is 13.0. The molecule has 2 aromatic carbocycles. The summed E-state index contributed by atoms with van der Waals surface area (Å²) < 4.78 is 0. The number of nitrogen functional groups attached to an aromatic ring is 1. The lowest BCUT2D eigenvalue weighted by Gasteiger charge is -2.07. The molecule has 0 aliphatic carbocycles. The van der Waals surface area contributed by atoms with E-state index in [9.17, 15) is 0 Å². The van der Waals surface area contributed by atoms with Crippen molar-refractivity contribution in [2.45, 2.75) is 0 Å². The van der Waals surface area contributed by atoms with Crippen LogP contribution < -0.4 is 5.73 Å². The van der Waals surface area contributed by atoms with Gasteiger partial charge in [0.15, 0.2) is 5.82 Å².